The molecule has 0 aliphatic carbocycles. The molecule has 1 atom stereocenters. The van der Waals surface area contributed by atoms with E-state index in [4.69, 9.17) is 4.74 Å². The van der Waals surface area contributed by atoms with Gasteiger partial charge in [0.25, 0.3) is 15.9 Å². The SMILES string of the molecule is CCOC(=O)[C@@H]1CCCN(C(=O)c2ccc(N3CCNCC3)c(NS(=O)(=O)c3cccs3)c2)C1. The number of benzene rings is 1. The van der Waals surface area contributed by atoms with Crippen molar-refractivity contribution in [2.24, 2.45) is 5.92 Å². The Morgan fingerprint density at radius 1 is 1.21 bits per heavy atom. The number of likely N-dealkylation sites (tertiary alicyclic amines) is 1. The number of sulfonamides is 1. The molecule has 4 rings (SSSR count). The molecule has 2 aliphatic rings. The van der Waals surface area contributed by atoms with Crippen molar-refractivity contribution in [3.05, 3.63) is 41.3 Å². The van der Waals surface area contributed by atoms with Gasteiger partial charge < -0.3 is 19.9 Å². The first-order chi connectivity index (χ1) is 16.4. The van der Waals surface area contributed by atoms with Crippen molar-refractivity contribution < 1.29 is 22.7 Å². The van der Waals surface area contributed by atoms with E-state index < -0.39 is 10.0 Å². The number of carbonyl (C=O) groups is 2. The lowest BCUT2D eigenvalue weighted by Gasteiger charge is -2.33. The number of ether oxygens (including phenoxy) is 1. The number of piperidine rings is 1. The van der Waals surface area contributed by atoms with Gasteiger partial charge >= 0.3 is 5.97 Å². The molecule has 2 fully saturated rings. The second-order valence-electron chi connectivity index (χ2n) is 8.35. The average molecular weight is 507 g/mol. The van der Waals surface area contributed by atoms with Crippen molar-refractivity contribution in [2.45, 2.75) is 24.0 Å². The van der Waals surface area contributed by atoms with Gasteiger partial charge in [0, 0.05) is 44.8 Å². The van der Waals surface area contributed by atoms with Crippen LogP contribution in [-0.2, 0) is 19.6 Å². The molecule has 9 nitrogen and oxygen atoms in total. The van der Waals surface area contributed by atoms with Gasteiger partial charge in [-0.1, -0.05) is 6.07 Å². The number of amides is 1. The van der Waals surface area contributed by atoms with Gasteiger partial charge in [-0.3, -0.25) is 14.3 Å². The Bertz CT molecular complexity index is 1110. The normalized spacial score (nSPS) is 19.0. The predicted octanol–water partition coefficient (Wildman–Crippen LogP) is 2.37. The Balaban J connectivity index is 1.61. The van der Waals surface area contributed by atoms with Gasteiger partial charge in [0.05, 0.1) is 23.9 Å². The van der Waals surface area contributed by atoms with Gasteiger partial charge in [0.15, 0.2) is 0 Å². The summed E-state index contributed by atoms with van der Waals surface area (Å²) in [5.41, 5.74) is 1.49. The summed E-state index contributed by atoms with van der Waals surface area (Å²) in [6.07, 6.45) is 1.41. The monoisotopic (exact) mass is 506 g/mol. The van der Waals surface area contributed by atoms with Crippen molar-refractivity contribution in [2.75, 3.05) is 55.5 Å². The molecule has 184 valence electrons. The van der Waals surface area contributed by atoms with E-state index in [-0.39, 0.29) is 22.0 Å². The standard InChI is InChI=1S/C23H30N4O5S2/c1-2-32-23(29)18-5-3-11-27(16-18)22(28)17-7-8-20(26-12-9-24-10-13-26)19(15-17)25-34(30,31)21-6-4-14-33-21/h4,6-8,14-15,18,24-25H,2-3,5,9-13,16H2,1H3/t18-/m1/s1. The third-order valence-electron chi connectivity index (χ3n) is 6.03. The molecule has 0 bridgehead atoms. The fraction of sp³-hybridized carbons (Fsp3) is 0.478. The van der Waals surface area contributed by atoms with Gasteiger partial charge in [-0.15, -0.1) is 11.3 Å². The molecular weight excluding hydrogens is 476 g/mol. The molecule has 0 saturated carbocycles. The van der Waals surface area contributed by atoms with Gasteiger partial charge in [0.2, 0.25) is 0 Å². The zero-order chi connectivity index (χ0) is 24.1. The second kappa shape index (κ2) is 10.7. The number of nitrogens with zero attached hydrogens (tertiary/aromatic N) is 2. The average Bonchev–Trinajstić information content (AvgIpc) is 3.40. The van der Waals surface area contributed by atoms with Crippen molar-refractivity contribution in [3.8, 4) is 0 Å². The quantitative estimate of drug-likeness (QED) is 0.555. The molecule has 1 amide bonds. The van der Waals surface area contributed by atoms with Crippen LogP contribution < -0.4 is 14.9 Å². The summed E-state index contributed by atoms with van der Waals surface area (Å²) in [7, 11) is -3.78. The zero-order valence-corrected chi connectivity index (χ0v) is 20.8. The predicted molar refractivity (Wildman–Crippen MR) is 132 cm³/mol. The fourth-order valence-electron chi connectivity index (χ4n) is 4.34. The summed E-state index contributed by atoms with van der Waals surface area (Å²) in [5, 5.41) is 5.00. The number of carbonyl (C=O) groups excluding carboxylic acids is 2. The Kier molecular flexibility index (Phi) is 7.74. The van der Waals surface area contributed by atoms with E-state index in [2.05, 4.69) is 14.9 Å². The first-order valence-corrected chi connectivity index (χ1v) is 13.9. The highest BCUT2D eigenvalue weighted by atomic mass is 32.2. The number of anilines is 2. The molecule has 11 heteroatoms. The number of nitrogens with one attached hydrogen (secondary N) is 2. The Hall–Kier alpha value is -2.63. The maximum absolute atomic E-state index is 13.3. The van der Waals surface area contributed by atoms with E-state index in [1.165, 1.54) is 0 Å². The summed E-state index contributed by atoms with van der Waals surface area (Å²) < 4.78 is 34.0. The molecule has 2 N–H and O–H groups in total. The van der Waals surface area contributed by atoms with Crippen LogP contribution in [0.15, 0.2) is 39.9 Å². The van der Waals surface area contributed by atoms with Crippen LogP contribution in [0.1, 0.15) is 30.1 Å². The van der Waals surface area contributed by atoms with E-state index >= 15 is 0 Å². The molecular formula is C23H30N4O5S2. The van der Waals surface area contributed by atoms with Crippen LogP contribution in [0.4, 0.5) is 11.4 Å². The second-order valence-corrected chi connectivity index (χ2v) is 11.2. The molecule has 2 saturated heterocycles. The highest BCUT2D eigenvalue weighted by Gasteiger charge is 2.30. The van der Waals surface area contributed by atoms with E-state index in [1.807, 2.05) is 0 Å². The first kappa shape index (κ1) is 24.5. The molecule has 3 heterocycles. The van der Waals surface area contributed by atoms with Crippen LogP contribution in [0.25, 0.3) is 0 Å². The fourth-order valence-corrected chi connectivity index (χ4v) is 6.40. The van der Waals surface area contributed by atoms with Gasteiger partial charge in [-0.25, -0.2) is 8.42 Å². The first-order valence-electron chi connectivity index (χ1n) is 11.5. The maximum Gasteiger partial charge on any atom is 0.310 e. The van der Waals surface area contributed by atoms with E-state index in [1.54, 1.807) is 47.5 Å². The molecule has 2 aliphatic heterocycles. The van der Waals surface area contributed by atoms with Gasteiger partial charge in [-0.05, 0) is 49.4 Å². The van der Waals surface area contributed by atoms with E-state index in [9.17, 15) is 18.0 Å². The lowest BCUT2D eigenvalue weighted by molar-refractivity contribution is -0.149. The van der Waals surface area contributed by atoms with Crippen LogP contribution in [0, 0.1) is 5.92 Å². The Labute approximate surface area is 204 Å². The summed E-state index contributed by atoms with van der Waals surface area (Å²) in [6.45, 7) is 5.97. The lowest BCUT2D eigenvalue weighted by Crippen LogP contribution is -2.44. The third-order valence-corrected chi connectivity index (χ3v) is 8.80. The molecule has 1 aromatic heterocycles. The summed E-state index contributed by atoms with van der Waals surface area (Å²) in [4.78, 5) is 29.3. The largest absolute Gasteiger partial charge is 0.466 e. The minimum Gasteiger partial charge on any atom is -0.466 e. The topological polar surface area (TPSA) is 108 Å². The number of esters is 1. The molecule has 2 aromatic rings. The van der Waals surface area contributed by atoms with Crippen LogP contribution in [0.5, 0.6) is 0 Å². The number of rotatable bonds is 7. The van der Waals surface area contributed by atoms with Crippen LogP contribution in [0.3, 0.4) is 0 Å². The van der Waals surface area contributed by atoms with Crippen LogP contribution in [0.2, 0.25) is 0 Å². The molecule has 0 spiro atoms. The highest BCUT2D eigenvalue weighted by molar-refractivity contribution is 7.94. The Morgan fingerprint density at radius 3 is 2.71 bits per heavy atom. The van der Waals surface area contributed by atoms with Crippen LogP contribution >= 0.6 is 11.3 Å². The van der Waals surface area contributed by atoms with Crippen molar-refractivity contribution in [3.63, 3.8) is 0 Å². The zero-order valence-electron chi connectivity index (χ0n) is 19.2. The number of hydrogen-bond donors (Lipinski definition) is 2. The molecule has 0 radical (unpaired) electrons. The summed E-state index contributed by atoms with van der Waals surface area (Å²) in [6, 6.07) is 8.38. The third kappa shape index (κ3) is 5.53. The van der Waals surface area contributed by atoms with E-state index in [0.29, 0.717) is 43.8 Å². The Morgan fingerprint density at radius 2 is 2.00 bits per heavy atom. The summed E-state index contributed by atoms with van der Waals surface area (Å²) in [5.74, 6) is -0.842. The highest BCUT2D eigenvalue weighted by Crippen LogP contribution is 2.32. The van der Waals surface area contributed by atoms with Crippen molar-refractivity contribution in [1.82, 2.24) is 10.2 Å². The minimum atomic E-state index is -3.78. The number of thiophene rings is 1. The van der Waals surface area contributed by atoms with Gasteiger partial charge in [-0.2, -0.15) is 0 Å². The van der Waals surface area contributed by atoms with E-state index in [0.717, 1.165) is 43.2 Å². The minimum absolute atomic E-state index is 0.212. The molecule has 34 heavy (non-hydrogen) atoms. The maximum atomic E-state index is 13.3. The smallest absolute Gasteiger partial charge is 0.310 e. The van der Waals surface area contributed by atoms with Crippen molar-refractivity contribution in [1.29, 1.82) is 0 Å². The lowest BCUT2D eigenvalue weighted by atomic mass is 9.97. The van der Waals surface area contributed by atoms with Crippen molar-refractivity contribution >= 4 is 44.6 Å². The number of hydrogen-bond acceptors (Lipinski definition) is 8. The molecule has 1 aromatic carbocycles. The number of piperazine rings is 1. The molecule has 0 unspecified atom stereocenters. The van der Waals surface area contributed by atoms with Crippen LogP contribution in [-0.4, -0.2) is 71.1 Å². The summed E-state index contributed by atoms with van der Waals surface area (Å²) >= 11 is 1.14. The van der Waals surface area contributed by atoms with Gasteiger partial charge in [0.1, 0.15) is 4.21 Å².